The van der Waals surface area contributed by atoms with Crippen LogP contribution in [0, 0.1) is 11.3 Å². The average molecular weight is 197 g/mol. The zero-order chi connectivity index (χ0) is 10.6. The Labute approximate surface area is 89.9 Å². The minimum atomic E-state index is 0.528. The summed E-state index contributed by atoms with van der Waals surface area (Å²) in [5.41, 5.74) is 0.528. The average Bonchev–Trinajstić information content (AvgIpc) is 1.98. The van der Waals surface area contributed by atoms with Crippen molar-refractivity contribution in [1.82, 2.24) is 4.90 Å². The van der Waals surface area contributed by atoms with E-state index >= 15 is 0 Å². The molecule has 0 N–H and O–H groups in total. The lowest BCUT2D eigenvalue weighted by Crippen LogP contribution is -2.52. The van der Waals surface area contributed by atoms with Gasteiger partial charge in [-0.05, 0) is 24.3 Å². The number of hydrogen-bond acceptors (Lipinski definition) is 1. The lowest BCUT2D eigenvalue weighted by Gasteiger charge is -2.46. The molecule has 0 aromatic heterocycles. The molecule has 1 aliphatic rings. The summed E-state index contributed by atoms with van der Waals surface area (Å²) in [6, 6.07) is 0. The Morgan fingerprint density at radius 3 is 2.21 bits per heavy atom. The second kappa shape index (κ2) is 5.16. The fourth-order valence-corrected chi connectivity index (χ4v) is 2.06. The molecule has 0 bridgehead atoms. The minimum Gasteiger partial charge on any atom is -0.303 e. The van der Waals surface area contributed by atoms with Gasteiger partial charge in [0.1, 0.15) is 0 Å². The Morgan fingerprint density at radius 1 is 1.07 bits per heavy atom. The van der Waals surface area contributed by atoms with Crippen molar-refractivity contribution in [2.75, 3.05) is 19.6 Å². The first kappa shape index (κ1) is 12.0. The van der Waals surface area contributed by atoms with E-state index in [4.69, 9.17) is 0 Å². The Balaban J connectivity index is 1.99. The lowest BCUT2D eigenvalue weighted by atomic mass is 9.76. The van der Waals surface area contributed by atoms with E-state index in [9.17, 15) is 0 Å². The number of hydrogen-bond donors (Lipinski definition) is 0. The van der Waals surface area contributed by atoms with E-state index < -0.39 is 0 Å². The van der Waals surface area contributed by atoms with Crippen molar-refractivity contribution in [3.8, 4) is 0 Å². The second-order valence-electron chi connectivity index (χ2n) is 5.88. The van der Waals surface area contributed by atoms with Crippen LogP contribution in [0.2, 0.25) is 0 Å². The molecule has 0 radical (unpaired) electrons. The summed E-state index contributed by atoms with van der Waals surface area (Å²) in [7, 11) is 0. The van der Waals surface area contributed by atoms with Gasteiger partial charge in [-0.2, -0.15) is 0 Å². The molecule has 1 heteroatoms. The van der Waals surface area contributed by atoms with Crippen LogP contribution in [0.15, 0.2) is 0 Å². The molecule has 0 spiro atoms. The van der Waals surface area contributed by atoms with Gasteiger partial charge in [0.05, 0.1) is 0 Å². The van der Waals surface area contributed by atoms with Crippen LogP contribution < -0.4 is 0 Å². The smallest absolute Gasteiger partial charge is 0.00270 e. The van der Waals surface area contributed by atoms with E-state index in [2.05, 4.69) is 32.6 Å². The zero-order valence-corrected chi connectivity index (χ0v) is 10.5. The molecule has 14 heavy (non-hydrogen) atoms. The fourth-order valence-electron chi connectivity index (χ4n) is 2.06. The van der Waals surface area contributed by atoms with Crippen molar-refractivity contribution in [2.24, 2.45) is 11.3 Å². The molecule has 0 atom stereocenters. The molecule has 0 aliphatic carbocycles. The van der Waals surface area contributed by atoms with Crippen LogP contribution in [-0.2, 0) is 0 Å². The molecule has 0 amide bonds. The van der Waals surface area contributed by atoms with E-state index in [0.717, 1.165) is 5.92 Å². The number of likely N-dealkylation sites (tertiary alicyclic amines) is 1. The third kappa shape index (κ3) is 3.61. The summed E-state index contributed by atoms with van der Waals surface area (Å²) in [6.45, 7) is 13.4. The first-order valence-corrected chi connectivity index (χ1v) is 6.26. The van der Waals surface area contributed by atoms with Crippen molar-refractivity contribution in [2.45, 2.75) is 53.4 Å². The molecular weight excluding hydrogens is 170 g/mol. The van der Waals surface area contributed by atoms with Gasteiger partial charge in [-0.15, -0.1) is 0 Å². The molecule has 0 saturated carbocycles. The highest BCUT2D eigenvalue weighted by atomic mass is 15.2. The summed E-state index contributed by atoms with van der Waals surface area (Å²) < 4.78 is 0. The van der Waals surface area contributed by atoms with Crippen LogP contribution in [0.25, 0.3) is 0 Å². The predicted molar refractivity (Wildman–Crippen MR) is 63.5 cm³/mol. The zero-order valence-electron chi connectivity index (χ0n) is 10.5. The van der Waals surface area contributed by atoms with Gasteiger partial charge < -0.3 is 4.90 Å². The van der Waals surface area contributed by atoms with E-state index in [0.29, 0.717) is 5.41 Å². The van der Waals surface area contributed by atoms with Gasteiger partial charge in [-0.1, -0.05) is 47.0 Å². The van der Waals surface area contributed by atoms with Crippen LogP contribution in [0.3, 0.4) is 0 Å². The molecule has 1 nitrogen and oxygen atoms in total. The summed E-state index contributed by atoms with van der Waals surface area (Å²) >= 11 is 0. The second-order valence-corrected chi connectivity index (χ2v) is 5.88. The third-order valence-corrected chi connectivity index (χ3v) is 3.51. The van der Waals surface area contributed by atoms with Gasteiger partial charge in [-0.25, -0.2) is 0 Å². The molecule has 1 aliphatic heterocycles. The fraction of sp³-hybridized carbons (Fsp3) is 1.00. The van der Waals surface area contributed by atoms with Gasteiger partial charge >= 0.3 is 0 Å². The number of rotatable bonds is 5. The molecule has 0 aromatic carbocycles. The van der Waals surface area contributed by atoms with E-state index in [1.54, 1.807) is 0 Å². The molecule has 1 saturated heterocycles. The molecule has 0 aromatic rings. The highest BCUT2D eigenvalue weighted by molar-refractivity contribution is 4.87. The normalized spacial score (nSPS) is 19.7. The van der Waals surface area contributed by atoms with E-state index in [-0.39, 0.29) is 0 Å². The maximum Gasteiger partial charge on any atom is 0.00270 e. The first-order chi connectivity index (χ1) is 6.54. The van der Waals surface area contributed by atoms with Crippen molar-refractivity contribution in [3.05, 3.63) is 0 Å². The summed E-state index contributed by atoms with van der Waals surface area (Å²) in [5.74, 6) is 0.939. The van der Waals surface area contributed by atoms with Gasteiger partial charge in [0.25, 0.3) is 0 Å². The number of nitrogens with zero attached hydrogens (tertiary/aromatic N) is 1. The van der Waals surface area contributed by atoms with Gasteiger partial charge in [-0.3, -0.25) is 0 Å². The molecule has 84 valence electrons. The van der Waals surface area contributed by atoms with Crippen molar-refractivity contribution in [3.63, 3.8) is 0 Å². The van der Waals surface area contributed by atoms with Crippen LogP contribution in [0.5, 0.6) is 0 Å². The third-order valence-electron chi connectivity index (χ3n) is 3.51. The monoisotopic (exact) mass is 197 g/mol. The quantitative estimate of drug-likeness (QED) is 0.609. The van der Waals surface area contributed by atoms with Crippen molar-refractivity contribution >= 4 is 0 Å². The summed E-state index contributed by atoms with van der Waals surface area (Å²) in [5, 5.41) is 0. The van der Waals surface area contributed by atoms with Crippen LogP contribution in [0.1, 0.15) is 53.4 Å². The largest absolute Gasteiger partial charge is 0.303 e. The maximum absolute atomic E-state index is 2.62. The summed E-state index contributed by atoms with van der Waals surface area (Å²) in [4.78, 5) is 2.62. The summed E-state index contributed by atoms with van der Waals surface area (Å²) in [6.07, 6.45) is 5.60. The number of unbranched alkanes of at least 4 members (excludes halogenated alkanes) is 3. The molecular formula is C13H27N. The minimum absolute atomic E-state index is 0.528. The van der Waals surface area contributed by atoms with E-state index in [1.165, 1.54) is 45.3 Å². The SMILES string of the molecule is CCCCCCN1CC(C(C)(C)C)C1. The van der Waals surface area contributed by atoms with Crippen molar-refractivity contribution in [1.29, 1.82) is 0 Å². The van der Waals surface area contributed by atoms with Crippen LogP contribution in [-0.4, -0.2) is 24.5 Å². The predicted octanol–water partition coefficient (Wildman–Crippen LogP) is 3.54. The Hall–Kier alpha value is -0.0400. The topological polar surface area (TPSA) is 3.24 Å². The Morgan fingerprint density at radius 2 is 1.71 bits per heavy atom. The first-order valence-electron chi connectivity index (χ1n) is 6.26. The Kier molecular flexibility index (Phi) is 4.43. The molecule has 0 unspecified atom stereocenters. The standard InChI is InChI=1S/C13H27N/c1-5-6-7-8-9-14-10-12(11-14)13(2,3)4/h12H,5-11H2,1-4H3. The highest BCUT2D eigenvalue weighted by Crippen LogP contribution is 2.33. The van der Waals surface area contributed by atoms with Crippen LogP contribution >= 0.6 is 0 Å². The lowest BCUT2D eigenvalue weighted by molar-refractivity contribution is 0.0239. The van der Waals surface area contributed by atoms with Crippen LogP contribution in [0.4, 0.5) is 0 Å². The van der Waals surface area contributed by atoms with Gasteiger partial charge in [0.15, 0.2) is 0 Å². The Bertz CT molecular complexity index is 151. The highest BCUT2D eigenvalue weighted by Gasteiger charge is 2.34. The molecule has 1 fully saturated rings. The maximum atomic E-state index is 2.62. The molecule has 1 rings (SSSR count). The van der Waals surface area contributed by atoms with Gasteiger partial charge in [0, 0.05) is 13.1 Å². The van der Waals surface area contributed by atoms with E-state index in [1.807, 2.05) is 0 Å². The van der Waals surface area contributed by atoms with Crippen molar-refractivity contribution < 1.29 is 0 Å². The van der Waals surface area contributed by atoms with Gasteiger partial charge in [0.2, 0.25) is 0 Å². The molecule has 1 heterocycles.